The maximum atomic E-state index is 12.2. The number of likely N-dealkylation sites (tertiary alicyclic amines) is 1. The summed E-state index contributed by atoms with van der Waals surface area (Å²) in [6.07, 6.45) is -0.175. The number of amides is 2. The molecule has 1 aliphatic heterocycles. The molecule has 7 nitrogen and oxygen atoms in total. The lowest BCUT2D eigenvalue weighted by molar-refractivity contribution is -0.123. The van der Waals surface area contributed by atoms with Gasteiger partial charge in [0.1, 0.15) is 17.7 Å². The van der Waals surface area contributed by atoms with Crippen molar-refractivity contribution in [2.75, 3.05) is 30.7 Å². The van der Waals surface area contributed by atoms with Crippen molar-refractivity contribution in [3.8, 4) is 0 Å². The topological polar surface area (TPSA) is 96.4 Å². The number of furan rings is 1. The summed E-state index contributed by atoms with van der Waals surface area (Å²) in [5.41, 5.74) is 8.29. The predicted molar refractivity (Wildman–Crippen MR) is 86.1 cm³/mol. The molecule has 136 valence electrons. The van der Waals surface area contributed by atoms with Crippen molar-refractivity contribution in [2.24, 2.45) is 0 Å². The molecule has 1 aliphatic rings. The van der Waals surface area contributed by atoms with Crippen molar-refractivity contribution in [2.45, 2.75) is 25.1 Å². The zero-order valence-corrected chi connectivity index (χ0v) is 13.3. The number of nitrogens with one attached hydrogen (secondary N) is 2. The molecule has 2 aromatic rings. The van der Waals surface area contributed by atoms with Crippen LogP contribution in [0.5, 0.6) is 0 Å². The molecular formula is C15H18F3N5O2. The van der Waals surface area contributed by atoms with Gasteiger partial charge >= 0.3 is 12.2 Å². The van der Waals surface area contributed by atoms with Crippen molar-refractivity contribution in [1.29, 1.82) is 0 Å². The second-order valence-electron chi connectivity index (χ2n) is 5.90. The van der Waals surface area contributed by atoms with Crippen LogP contribution in [0.2, 0.25) is 0 Å². The Bertz CT molecular complexity index is 753. The van der Waals surface area contributed by atoms with Gasteiger partial charge in [-0.3, -0.25) is 4.98 Å². The van der Waals surface area contributed by atoms with Crippen LogP contribution in [0.1, 0.15) is 12.8 Å². The molecule has 1 fully saturated rings. The number of rotatable bonds is 3. The van der Waals surface area contributed by atoms with Crippen molar-refractivity contribution in [3.63, 3.8) is 0 Å². The van der Waals surface area contributed by atoms with Gasteiger partial charge in [-0.2, -0.15) is 13.2 Å². The molecule has 0 bridgehead atoms. The summed E-state index contributed by atoms with van der Waals surface area (Å²) in [6.45, 7) is -0.616. The summed E-state index contributed by atoms with van der Waals surface area (Å²) >= 11 is 0. The maximum absolute atomic E-state index is 12.2. The molecule has 0 atom stereocenters. The molecule has 0 unspecified atom stereocenters. The molecule has 3 rings (SSSR count). The molecule has 0 spiro atoms. The highest BCUT2D eigenvalue weighted by Gasteiger charge is 2.30. The number of pyridine rings is 1. The average Bonchev–Trinajstić information content (AvgIpc) is 3.04. The number of urea groups is 1. The van der Waals surface area contributed by atoms with Crippen LogP contribution >= 0.6 is 0 Å². The number of piperidine rings is 1. The fraction of sp³-hybridized carbons (Fsp3) is 0.467. The SMILES string of the molecule is Nc1cnc2ccoc2c1NC1CCN(C(=O)NCC(F)(F)F)CC1. The van der Waals surface area contributed by atoms with Crippen LogP contribution in [0, 0.1) is 0 Å². The lowest BCUT2D eigenvalue weighted by atomic mass is 10.0. The highest BCUT2D eigenvalue weighted by Crippen LogP contribution is 2.30. The van der Waals surface area contributed by atoms with Gasteiger partial charge in [0.05, 0.1) is 18.1 Å². The zero-order chi connectivity index (χ0) is 18.0. The molecule has 3 heterocycles. The number of fused-ring (bicyclic) bond motifs is 1. The summed E-state index contributed by atoms with van der Waals surface area (Å²) in [4.78, 5) is 17.3. The van der Waals surface area contributed by atoms with Crippen LogP contribution in [0.4, 0.5) is 29.3 Å². The number of hydrogen-bond acceptors (Lipinski definition) is 5. The van der Waals surface area contributed by atoms with Gasteiger partial charge in [-0.1, -0.05) is 0 Å². The van der Waals surface area contributed by atoms with E-state index >= 15 is 0 Å². The van der Waals surface area contributed by atoms with E-state index in [1.807, 2.05) is 5.32 Å². The number of hydrogen-bond donors (Lipinski definition) is 3. The van der Waals surface area contributed by atoms with E-state index in [1.54, 1.807) is 12.3 Å². The summed E-state index contributed by atoms with van der Waals surface area (Å²) < 4.78 is 41.9. The molecule has 25 heavy (non-hydrogen) atoms. The third-order valence-corrected chi connectivity index (χ3v) is 4.07. The van der Waals surface area contributed by atoms with Crippen molar-refractivity contribution in [1.82, 2.24) is 15.2 Å². The minimum Gasteiger partial charge on any atom is -0.460 e. The van der Waals surface area contributed by atoms with Gasteiger partial charge in [-0.05, 0) is 12.8 Å². The number of carbonyl (C=O) groups is 1. The Morgan fingerprint density at radius 1 is 1.40 bits per heavy atom. The quantitative estimate of drug-likeness (QED) is 0.785. The molecule has 4 N–H and O–H groups in total. The highest BCUT2D eigenvalue weighted by molar-refractivity contribution is 5.92. The van der Waals surface area contributed by atoms with Gasteiger partial charge in [-0.15, -0.1) is 0 Å². The first-order valence-corrected chi connectivity index (χ1v) is 7.81. The minimum atomic E-state index is -4.41. The Morgan fingerprint density at radius 3 is 2.80 bits per heavy atom. The number of carbonyl (C=O) groups excluding carboxylic acids is 1. The second kappa shape index (κ2) is 6.69. The number of halogens is 3. The monoisotopic (exact) mass is 357 g/mol. The van der Waals surface area contributed by atoms with Crippen molar-refractivity contribution < 1.29 is 22.4 Å². The summed E-state index contributed by atoms with van der Waals surface area (Å²) in [5.74, 6) is 0. The minimum absolute atomic E-state index is 0.0321. The van der Waals surface area contributed by atoms with Gasteiger partial charge in [0.2, 0.25) is 0 Å². The van der Waals surface area contributed by atoms with E-state index in [-0.39, 0.29) is 6.04 Å². The molecule has 2 amide bonds. The lowest BCUT2D eigenvalue weighted by Gasteiger charge is -2.33. The first-order valence-electron chi connectivity index (χ1n) is 7.81. The molecule has 2 aromatic heterocycles. The van der Waals surface area contributed by atoms with Crippen LogP contribution < -0.4 is 16.4 Å². The van der Waals surface area contributed by atoms with Crippen LogP contribution in [0.3, 0.4) is 0 Å². The van der Waals surface area contributed by atoms with Gasteiger partial charge in [-0.25, -0.2) is 4.79 Å². The van der Waals surface area contributed by atoms with Crippen LogP contribution in [-0.4, -0.2) is 47.8 Å². The standard InChI is InChI=1S/C15H18F3N5O2/c16-15(17,18)8-21-14(24)23-4-1-9(2-5-23)22-12-10(19)7-20-11-3-6-25-13(11)12/h3,6-7,9H,1-2,4-5,8,19H2,(H,20,22)(H,21,24). The third kappa shape index (κ3) is 4.06. The molecule has 0 saturated carbocycles. The van der Waals surface area contributed by atoms with Gasteiger partial charge in [0.15, 0.2) is 5.58 Å². The Labute approximate surface area is 141 Å². The summed E-state index contributed by atoms with van der Waals surface area (Å²) in [7, 11) is 0. The Hall–Kier alpha value is -2.65. The van der Waals surface area contributed by atoms with Crippen molar-refractivity contribution in [3.05, 3.63) is 18.5 Å². The summed E-state index contributed by atoms with van der Waals surface area (Å²) in [6, 6.07) is 1.06. The second-order valence-corrected chi connectivity index (χ2v) is 5.90. The Kier molecular flexibility index (Phi) is 4.60. The first kappa shape index (κ1) is 17.2. The molecule has 0 aromatic carbocycles. The van der Waals surface area contributed by atoms with E-state index in [2.05, 4.69) is 10.3 Å². The molecule has 0 aliphatic carbocycles. The van der Waals surface area contributed by atoms with E-state index in [0.717, 1.165) is 0 Å². The van der Waals surface area contributed by atoms with E-state index < -0.39 is 18.8 Å². The highest BCUT2D eigenvalue weighted by atomic mass is 19.4. The van der Waals surface area contributed by atoms with E-state index in [0.29, 0.717) is 48.4 Å². The van der Waals surface area contributed by atoms with Crippen LogP contribution in [-0.2, 0) is 0 Å². The number of nitrogens with zero attached hydrogens (tertiary/aromatic N) is 2. The van der Waals surface area contributed by atoms with Crippen LogP contribution in [0.25, 0.3) is 11.1 Å². The fourth-order valence-electron chi connectivity index (χ4n) is 2.79. The molecule has 10 heteroatoms. The van der Waals surface area contributed by atoms with Gasteiger partial charge in [0, 0.05) is 25.2 Å². The molecular weight excluding hydrogens is 339 g/mol. The maximum Gasteiger partial charge on any atom is 0.405 e. The number of nitrogen functional groups attached to an aromatic ring is 1. The number of alkyl halides is 3. The van der Waals surface area contributed by atoms with Crippen molar-refractivity contribution >= 4 is 28.5 Å². The fourth-order valence-corrected chi connectivity index (χ4v) is 2.79. The summed E-state index contributed by atoms with van der Waals surface area (Å²) in [5, 5.41) is 5.18. The smallest absolute Gasteiger partial charge is 0.405 e. The lowest BCUT2D eigenvalue weighted by Crippen LogP contribution is -2.48. The molecule has 0 radical (unpaired) electrons. The largest absolute Gasteiger partial charge is 0.460 e. The van der Waals surface area contributed by atoms with Gasteiger partial charge < -0.3 is 25.7 Å². The third-order valence-electron chi connectivity index (χ3n) is 4.07. The predicted octanol–water partition coefficient (Wildman–Crippen LogP) is 2.56. The van der Waals surface area contributed by atoms with E-state index in [1.165, 1.54) is 11.2 Å². The number of nitrogens with two attached hydrogens (primary N) is 1. The van der Waals surface area contributed by atoms with Gasteiger partial charge in [0.25, 0.3) is 0 Å². The zero-order valence-electron chi connectivity index (χ0n) is 13.3. The first-order chi connectivity index (χ1) is 11.8. The van der Waals surface area contributed by atoms with E-state index in [4.69, 9.17) is 10.2 Å². The molecule has 1 saturated heterocycles. The number of anilines is 2. The normalized spacial score (nSPS) is 16.2. The van der Waals surface area contributed by atoms with Crippen LogP contribution in [0.15, 0.2) is 22.9 Å². The Balaban J connectivity index is 1.57. The average molecular weight is 357 g/mol. The van der Waals surface area contributed by atoms with E-state index in [9.17, 15) is 18.0 Å². The number of aromatic nitrogens is 1. The Morgan fingerprint density at radius 2 is 2.12 bits per heavy atom.